The molecule has 3 heteroatoms. The first-order valence-electron chi connectivity index (χ1n) is 6.26. The van der Waals surface area contributed by atoms with E-state index in [1.54, 1.807) is 0 Å². The van der Waals surface area contributed by atoms with E-state index in [0.717, 1.165) is 18.9 Å². The summed E-state index contributed by atoms with van der Waals surface area (Å²) in [6.45, 7) is 11.3. The largest absolute Gasteiger partial charge is 0.357 e. The Kier molecular flexibility index (Phi) is 3.33. The smallest absolute Gasteiger partial charge is 0.117 e. The maximum Gasteiger partial charge on any atom is 0.117 e. The molecule has 3 atom stereocenters. The molecule has 2 saturated heterocycles. The number of nitrogens with zero attached hydrogens (tertiary/aromatic N) is 1. The standard InChI is InChI=1S/C12H24N2O/c1-4-14-6-5-11(9-14)7-12(3)13-8-10(2)15-12/h10-11,13H,4-9H2,1-3H3. The van der Waals surface area contributed by atoms with Crippen LogP contribution in [0.4, 0.5) is 0 Å². The van der Waals surface area contributed by atoms with E-state index < -0.39 is 0 Å². The highest BCUT2D eigenvalue weighted by Gasteiger charge is 2.37. The monoisotopic (exact) mass is 212 g/mol. The number of likely N-dealkylation sites (tertiary alicyclic amines) is 1. The summed E-state index contributed by atoms with van der Waals surface area (Å²) in [5.41, 5.74) is -0.0617. The Bertz CT molecular complexity index is 222. The highest BCUT2D eigenvalue weighted by Crippen LogP contribution is 2.29. The van der Waals surface area contributed by atoms with Crippen LogP contribution in [0.15, 0.2) is 0 Å². The van der Waals surface area contributed by atoms with Gasteiger partial charge in [0.25, 0.3) is 0 Å². The van der Waals surface area contributed by atoms with Crippen molar-refractivity contribution >= 4 is 0 Å². The van der Waals surface area contributed by atoms with Crippen LogP contribution in [0.3, 0.4) is 0 Å². The van der Waals surface area contributed by atoms with Crippen molar-refractivity contribution in [2.45, 2.75) is 45.4 Å². The minimum atomic E-state index is -0.0617. The van der Waals surface area contributed by atoms with Gasteiger partial charge in [-0.3, -0.25) is 5.32 Å². The molecule has 0 radical (unpaired) electrons. The Morgan fingerprint density at radius 3 is 2.87 bits per heavy atom. The topological polar surface area (TPSA) is 24.5 Å². The maximum absolute atomic E-state index is 5.95. The van der Waals surface area contributed by atoms with Gasteiger partial charge >= 0.3 is 0 Å². The van der Waals surface area contributed by atoms with Gasteiger partial charge < -0.3 is 9.64 Å². The molecule has 2 aliphatic heterocycles. The molecule has 0 aliphatic carbocycles. The molecule has 0 aromatic heterocycles. The van der Waals surface area contributed by atoms with E-state index in [2.05, 4.69) is 31.0 Å². The number of hydrogen-bond donors (Lipinski definition) is 1. The van der Waals surface area contributed by atoms with Gasteiger partial charge in [0.05, 0.1) is 6.10 Å². The molecular formula is C12H24N2O. The van der Waals surface area contributed by atoms with Gasteiger partial charge in [0.15, 0.2) is 0 Å². The lowest BCUT2D eigenvalue weighted by Gasteiger charge is -2.27. The number of ether oxygens (including phenoxy) is 1. The molecule has 0 aromatic rings. The minimum Gasteiger partial charge on any atom is -0.357 e. The highest BCUT2D eigenvalue weighted by molar-refractivity contribution is 4.87. The van der Waals surface area contributed by atoms with Crippen LogP contribution in [0, 0.1) is 5.92 Å². The fourth-order valence-electron chi connectivity index (χ4n) is 2.92. The van der Waals surface area contributed by atoms with E-state index in [4.69, 9.17) is 4.74 Å². The fraction of sp³-hybridized carbons (Fsp3) is 1.00. The molecule has 3 nitrogen and oxygen atoms in total. The molecule has 88 valence electrons. The molecule has 2 aliphatic rings. The van der Waals surface area contributed by atoms with Crippen molar-refractivity contribution < 1.29 is 4.74 Å². The molecule has 3 unspecified atom stereocenters. The minimum absolute atomic E-state index is 0.0617. The first-order valence-corrected chi connectivity index (χ1v) is 6.26. The van der Waals surface area contributed by atoms with Gasteiger partial charge in [0.1, 0.15) is 5.72 Å². The van der Waals surface area contributed by atoms with E-state index in [9.17, 15) is 0 Å². The zero-order valence-corrected chi connectivity index (χ0v) is 10.3. The molecule has 0 saturated carbocycles. The summed E-state index contributed by atoms with van der Waals surface area (Å²) in [6.07, 6.45) is 2.87. The van der Waals surface area contributed by atoms with Gasteiger partial charge in [-0.15, -0.1) is 0 Å². The van der Waals surface area contributed by atoms with Gasteiger partial charge in [-0.2, -0.15) is 0 Å². The number of rotatable bonds is 3. The van der Waals surface area contributed by atoms with Crippen LogP contribution in [-0.2, 0) is 4.74 Å². The second-order valence-corrected chi connectivity index (χ2v) is 5.29. The Hall–Kier alpha value is -0.120. The third-order valence-corrected chi connectivity index (χ3v) is 3.72. The summed E-state index contributed by atoms with van der Waals surface area (Å²) in [5.74, 6) is 0.813. The third-order valence-electron chi connectivity index (χ3n) is 3.72. The van der Waals surface area contributed by atoms with Crippen LogP contribution in [-0.4, -0.2) is 42.9 Å². The lowest BCUT2D eigenvalue weighted by Crippen LogP contribution is -2.40. The van der Waals surface area contributed by atoms with Crippen molar-refractivity contribution in [3.63, 3.8) is 0 Å². The highest BCUT2D eigenvalue weighted by atomic mass is 16.5. The van der Waals surface area contributed by atoms with E-state index in [0.29, 0.717) is 6.10 Å². The van der Waals surface area contributed by atoms with E-state index >= 15 is 0 Å². The summed E-state index contributed by atoms with van der Waals surface area (Å²) >= 11 is 0. The predicted molar refractivity (Wildman–Crippen MR) is 61.8 cm³/mol. The molecule has 0 bridgehead atoms. The summed E-state index contributed by atoms with van der Waals surface area (Å²) < 4.78 is 5.95. The molecule has 0 spiro atoms. The number of hydrogen-bond acceptors (Lipinski definition) is 3. The van der Waals surface area contributed by atoms with Crippen LogP contribution in [0.2, 0.25) is 0 Å². The van der Waals surface area contributed by atoms with Gasteiger partial charge in [-0.05, 0) is 45.7 Å². The van der Waals surface area contributed by atoms with Crippen LogP contribution in [0.1, 0.15) is 33.6 Å². The molecule has 2 fully saturated rings. The molecule has 15 heavy (non-hydrogen) atoms. The van der Waals surface area contributed by atoms with E-state index in [1.165, 1.54) is 26.1 Å². The molecular weight excluding hydrogens is 188 g/mol. The SMILES string of the molecule is CCN1CCC(CC2(C)NCC(C)O2)C1. The van der Waals surface area contributed by atoms with Crippen molar-refractivity contribution in [3.05, 3.63) is 0 Å². The first-order chi connectivity index (χ1) is 7.11. The predicted octanol–water partition coefficient (Wildman–Crippen LogP) is 1.44. The summed E-state index contributed by atoms with van der Waals surface area (Å²) in [6, 6.07) is 0. The Morgan fingerprint density at radius 2 is 2.33 bits per heavy atom. The number of nitrogens with one attached hydrogen (secondary N) is 1. The van der Waals surface area contributed by atoms with Gasteiger partial charge in [0.2, 0.25) is 0 Å². The zero-order chi connectivity index (χ0) is 10.9. The summed E-state index contributed by atoms with van der Waals surface area (Å²) in [5, 5.41) is 3.50. The van der Waals surface area contributed by atoms with Gasteiger partial charge in [-0.25, -0.2) is 0 Å². The Labute approximate surface area is 93.2 Å². The van der Waals surface area contributed by atoms with E-state index in [1.807, 2.05) is 0 Å². The van der Waals surface area contributed by atoms with Gasteiger partial charge in [0, 0.05) is 13.1 Å². The van der Waals surface area contributed by atoms with Crippen LogP contribution >= 0.6 is 0 Å². The quantitative estimate of drug-likeness (QED) is 0.766. The lowest BCUT2D eigenvalue weighted by molar-refractivity contribution is -0.0449. The second kappa shape index (κ2) is 4.40. The van der Waals surface area contributed by atoms with Crippen LogP contribution in [0.5, 0.6) is 0 Å². The zero-order valence-electron chi connectivity index (χ0n) is 10.3. The Balaban J connectivity index is 1.82. The van der Waals surface area contributed by atoms with E-state index in [-0.39, 0.29) is 5.72 Å². The third kappa shape index (κ3) is 2.71. The first kappa shape index (κ1) is 11.4. The van der Waals surface area contributed by atoms with Crippen LogP contribution < -0.4 is 5.32 Å². The fourth-order valence-corrected chi connectivity index (χ4v) is 2.92. The van der Waals surface area contributed by atoms with Crippen molar-refractivity contribution in [1.82, 2.24) is 10.2 Å². The molecule has 2 rings (SSSR count). The lowest BCUT2D eigenvalue weighted by atomic mass is 9.97. The second-order valence-electron chi connectivity index (χ2n) is 5.29. The maximum atomic E-state index is 5.95. The molecule has 0 aromatic carbocycles. The van der Waals surface area contributed by atoms with Crippen LogP contribution in [0.25, 0.3) is 0 Å². The Morgan fingerprint density at radius 1 is 1.53 bits per heavy atom. The average molecular weight is 212 g/mol. The van der Waals surface area contributed by atoms with Crippen molar-refractivity contribution in [3.8, 4) is 0 Å². The van der Waals surface area contributed by atoms with Crippen molar-refractivity contribution in [2.75, 3.05) is 26.2 Å². The van der Waals surface area contributed by atoms with Crippen molar-refractivity contribution in [2.24, 2.45) is 5.92 Å². The average Bonchev–Trinajstić information content (AvgIpc) is 2.74. The van der Waals surface area contributed by atoms with Gasteiger partial charge in [-0.1, -0.05) is 6.92 Å². The molecule has 0 amide bonds. The summed E-state index contributed by atoms with van der Waals surface area (Å²) in [4.78, 5) is 2.53. The summed E-state index contributed by atoms with van der Waals surface area (Å²) in [7, 11) is 0. The normalized spacial score (nSPS) is 42.6. The van der Waals surface area contributed by atoms with Crippen molar-refractivity contribution in [1.29, 1.82) is 0 Å². The molecule has 1 N–H and O–H groups in total. The molecule has 2 heterocycles.